The molecule has 0 bridgehead atoms. The largest absolute Gasteiger partial charge is 0.362 e. The van der Waals surface area contributed by atoms with Gasteiger partial charge in [-0.1, -0.05) is 60.7 Å². The third kappa shape index (κ3) is 3.59. The van der Waals surface area contributed by atoms with Crippen molar-refractivity contribution in [1.29, 1.82) is 0 Å². The van der Waals surface area contributed by atoms with Gasteiger partial charge in [0.05, 0.1) is 0 Å². The predicted octanol–water partition coefficient (Wildman–Crippen LogP) is 3.27. The Kier molecular flexibility index (Phi) is 4.58. The highest BCUT2D eigenvalue weighted by Crippen LogP contribution is 2.17. The summed E-state index contributed by atoms with van der Waals surface area (Å²) < 4.78 is 0. The number of hydrogen-bond donors (Lipinski definition) is 0. The Hall–Kier alpha value is -2.18. The number of rotatable bonds is 1. The molecular weight excluding hydrogens is 184 g/mol. The first-order valence-corrected chi connectivity index (χ1v) is 4.59. The third-order valence-electron chi connectivity index (χ3n) is 1.88. The Morgan fingerprint density at radius 3 is 1.27 bits per heavy atom. The molecule has 0 aromatic heterocycles. The topological polar surface area (TPSA) is 36.4 Å². The lowest BCUT2D eigenvalue weighted by Gasteiger charge is -1.98. The van der Waals surface area contributed by atoms with Crippen molar-refractivity contribution in [3.05, 3.63) is 66.2 Å². The standard InChI is InChI=1S/C12H10.CH2N2/c1-3-7-11(8-4-1)12-9-5-2-6-10-12;1-3-2/h1-10H;1H2. The van der Waals surface area contributed by atoms with Crippen LogP contribution in [0.5, 0.6) is 0 Å². The Labute approximate surface area is 89.4 Å². The molecule has 0 atom stereocenters. The van der Waals surface area contributed by atoms with Crippen LogP contribution in [-0.4, -0.2) is 11.5 Å². The molecule has 0 N–H and O–H groups in total. The summed E-state index contributed by atoms with van der Waals surface area (Å²) in [7, 11) is 0. The summed E-state index contributed by atoms with van der Waals surface area (Å²) in [6.45, 7) is 2.67. The maximum Gasteiger partial charge on any atom is 0.245 e. The fourth-order valence-electron chi connectivity index (χ4n) is 1.26. The van der Waals surface area contributed by atoms with Gasteiger partial charge in [-0.3, -0.25) is 0 Å². The lowest BCUT2D eigenvalue weighted by atomic mass is 10.1. The molecule has 2 nitrogen and oxygen atoms in total. The van der Waals surface area contributed by atoms with Crippen molar-refractivity contribution in [3.8, 4) is 11.1 Å². The average Bonchev–Trinajstić information content (AvgIpc) is 2.32. The molecule has 2 rings (SSSR count). The third-order valence-corrected chi connectivity index (χ3v) is 1.88. The van der Waals surface area contributed by atoms with Crippen molar-refractivity contribution in [2.45, 2.75) is 0 Å². The molecule has 2 aromatic rings. The monoisotopic (exact) mass is 196 g/mol. The van der Waals surface area contributed by atoms with Crippen LogP contribution in [0.2, 0.25) is 0 Å². The van der Waals surface area contributed by atoms with Crippen molar-refractivity contribution in [3.63, 3.8) is 0 Å². The van der Waals surface area contributed by atoms with Crippen LogP contribution in [-0.2, 0) is 0 Å². The second-order valence-electron chi connectivity index (χ2n) is 2.87. The molecule has 0 saturated heterocycles. The van der Waals surface area contributed by atoms with Crippen molar-refractivity contribution >= 4 is 6.72 Å². The minimum atomic E-state index is 1.28. The van der Waals surface area contributed by atoms with E-state index in [1.165, 1.54) is 11.1 Å². The number of hydrogen-bond acceptors (Lipinski definition) is 0. The molecule has 0 aliphatic carbocycles. The zero-order chi connectivity index (χ0) is 10.9. The van der Waals surface area contributed by atoms with E-state index in [1.807, 2.05) is 12.1 Å². The van der Waals surface area contributed by atoms with Gasteiger partial charge in [0.2, 0.25) is 6.72 Å². The summed E-state index contributed by atoms with van der Waals surface area (Å²) in [6.07, 6.45) is 0. The SMILES string of the molecule is C=[N+]=[N-].c1ccc(-c2ccccc2)cc1. The van der Waals surface area contributed by atoms with Gasteiger partial charge in [-0.2, -0.15) is 4.79 Å². The Balaban J connectivity index is 0.000000337. The second-order valence-corrected chi connectivity index (χ2v) is 2.87. The van der Waals surface area contributed by atoms with Gasteiger partial charge in [0.25, 0.3) is 0 Å². The van der Waals surface area contributed by atoms with E-state index in [9.17, 15) is 0 Å². The van der Waals surface area contributed by atoms with Crippen LogP contribution >= 0.6 is 0 Å². The normalized spacial score (nSPS) is 8.27. The quantitative estimate of drug-likeness (QED) is 0.381. The first-order chi connectivity index (χ1) is 7.38. The Bertz CT molecular complexity index is 377. The van der Waals surface area contributed by atoms with Crippen LogP contribution < -0.4 is 0 Å². The first kappa shape index (κ1) is 10.9. The molecule has 0 fully saturated rings. The summed E-state index contributed by atoms with van der Waals surface area (Å²) in [5.41, 5.74) is 9.64. The molecule has 0 amide bonds. The van der Waals surface area contributed by atoms with E-state index in [1.54, 1.807) is 0 Å². The van der Waals surface area contributed by atoms with Crippen molar-refractivity contribution in [2.24, 2.45) is 0 Å². The van der Waals surface area contributed by atoms with Gasteiger partial charge in [-0.05, 0) is 11.1 Å². The van der Waals surface area contributed by atoms with E-state index in [4.69, 9.17) is 5.53 Å². The van der Waals surface area contributed by atoms with Crippen molar-refractivity contribution < 1.29 is 4.79 Å². The van der Waals surface area contributed by atoms with Gasteiger partial charge in [-0.15, -0.1) is 0 Å². The molecule has 15 heavy (non-hydrogen) atoms. The van der Waals surface area contributed by atoms with Gasteiger partial charge in [0.15, 0.2) is 0 Å². The molecule has 2 heteroatoms. The van der Waals surface area contributed by atoms with Gasteiger partial charge < -0.3 is 5.53 Å². The highest BCUT2D eigenvalue weighted by Gasteiger charge is 1.91. The summed E-state index contributed by atoms with van der Waals surface area (Å²) in [4.78, 5) is 2.25. The fraction of sp³-hybridized carbons (Fsp3) is 0. The zero-order valence-corrected chi connectivity index (χ0v) is 8.38. The van der Waals surface area contributed by atoms with Crippen LogP contribution in [0.3, 0.4) is 0 Å². The molecular formula is C13H12N2. The molecule has 0 aliphatic heterocycles. The molecule has 0 heterocycles. The van der Waals surface area contributed by atoms with Crippen molar-refractivity contribution in [1.82, 2.24) is 0 Å². The maximum absolute atomic E-state index is 7.08. The highest BCUT2D eigenvalue weighted by molar-refractivity contribution is 5.62. The summed E-state index contributed by atoms with van der Waals surface area (Å²) in [5.74, 6) is 0. The number of benzene rings is 2. The summed E-state index contributed by atoms with van der Waals surface area (Å²) in [6, 6.07) is 20.8. The summed E-state index contributed by atoms with van der Waals surface area (Å²) >= 11 is 0. The molecule has 74 valence electrons. The molecule has 0 radical (unpaired) electrons. The van der Waals surface area contributed by atoms with E-state index in [2.05, 4.69) is 60.0 Å². The van der Waals surface area contributed by atoms with E-state index >= 15 is 0 Å². The Morgan fingerprint density at radius 2 is 1.00 bits per heavy atom. The van der Waals surface area contributed by atoms with E-state index in [0.29, 0.717) is 0 Å². The molecule has 0 spiro atoms. The Morgan fingerprint density at radius 1 is 0.733 bits per heavy atom. The van der Waals surface area contributed by atoms with Crippen LogP contribution in [0.1, 0.15) is 0 Å². The minimum Gasteiger partial charge on any atom is -0.362 e. The molecule has 0 saturated carbocycles. The number of nitrogens with zero attached hydrogens (tertiary/aromatic N) is 2. The van der Waals surface area contributed by atoms with Crippen LogP contribution in [0.15, 0.2) is 60.7 Å². The maximum atomic E-state index is 7.08. The van der Waals surface area contributed by atoms with Crippen LogP contribution in [0.25, 0.3) is 16.7 Å². The van der Waals surface area contributed by atoms with Crippen LogP contribution in [0.4, 0.5) is 0 Å². The molecule has 2 aromatic carbocycles. The van der Waals surface area contributed by atoms with E-state index in [-0.39, 0.29) is 0 Å². The van der Waals surface area contributed by atoms with Gasteiger partial charge >= 0.3 is 0 Å². The predicted molar refractivity (Wildman–Crippen MR) is 62.6 cm³/mol. The smallest absolute Gasteiger partial charge is 0.245 e. The molecule has 0 unspecified atom stereocenters. The minimum absolute atomic E-state index is 1.28. The second kappa shape index (κ2) is 6.30. The highest BCUT2D eigenvalue weighted by atomic mass is 14.8. The van der Waals surface area contributed by atoms with Gasteiger partial charge in [-0.25, -0.2) is 0 Å². The van der Waals surface area contributed by atoms with E-state index < -0.39 is 0 Å². The fourth-order valence-corrected chi connectivity index (χ4v) is 1.26. The lowest BCUT2D eigenvalue weighted by Crippen LogP contribution is -1.73. The van der Waals surface area contributed by atoms with Gasteiger partial charge in [0.1, 0.15) is 0 Å². The lowest BCUT2D eigenvalue weighted by molar-refractivity contribution is 0.0110. The summed E-state index contributed by atoms with van der Waals surface area (Å²) in [5, 5.41) is 0. The molecule has 0 aliphatic rings. The first-order valence-electron chi connectivity index (χ1n) is 4.59. The van der Waals surface area contributed by atoms with Crippen LogP contribution in [0, 0.1) is 0 Å². The zero-order valence-electron chi connectivity index (χ0n) is 8.38. The van der Waals surface area contributed by atoms with Gasteiger partial charge in [0, 0.05) is 0 Å². The van der Waals surface area contributed by atoms with Crippen molar-refractivity contribution in [2.75, 3.05) is 0 Å². The van der Waals surface area contributed by atoms with E-state index in [0.717, 1.165) is 0 Å². The average molecular weight is 196 g/mol.